The monoisotopic (exact) mass is 283 g/mol. The molecule has 0 radical (unpaired) electrons. The first kappa shape index (κ1) is 15.6. The molecule has 2 aromatic carbocycles. The summed E-state index contributed by atoms with van der Waals surface area (Å²) in [5, 5.41) is 12.9. The smallest absolute Gasteiger partial charge is 0.115 e. The lowest BCUT2D eigenvalue weighted by molar-refractivity contribution is 0.474. The lowest BCUT2D eigenvalue weighted by Gasteiger charge is -2.20. The van der Waals surface area contributed by atoms with Gasteiger partial charge in [0.1, 0.15) is 5.75 Å². The van der Waals surface area contributed by atoms with Crippen LogP contribution in [-0.2, 0) is 6.42 Å². The topological polar surface area (TPSA) is 32.3 Å². The van der Waals surface area contributed by atoms with Crippen molar-refractivity contribution in [3.63, 3.8) is 0 Å². The van der Waals surface area contributed by atoms with Crippen molar-refractivity contribution in [3.8, 4) is 5.75 Å². The maximum atomic E-state index is 9.40. The number of nitrogens with one attached hydrogen (secondary N) is 1. The van der Waals surface area contributed by atoms with Gasteiger partial charge in [-0.15, -0.1) is 0 Å². The van der Waals surface area contributed by atoms with E-state index in [0.717, 1.165) is 13.0 Å². The molecule has 2 nitrogen and oxygen atoms in total. The molecule has 0 bridgehead atoms. The van der Waals surface area contributed by atoms with Gasteiger partial charge in [-0.2, -0.15) is 0 Å². The van der Waals surface area contributed by atoms with E-state index in [1.54, 1.807) is 12.1 Å². The SMILES string of the molecule is Cc1ccc(C(CNC(C)C)Cc2ccc(O)cc2)cc1. The molecule has 1 atom stereocenters. The minimum Gasteiger partial charge on any atom is -0.508 e. The number of hydrogen-bond donors (Lipinski definition) is 2. The van der Waals surface area contributed by atoms with E-state index < -0.39 is 0 Å². The van der Waals surface area contributed by atoms with E-state index in [2.05, 4.69) is 50.4 Å². The lowest BCUT2D eigenvalue weighted by atomic mass is 9.91. The predicted octanol–water partition coefficient (Wildman–Crippen LogP) is 4.02. The van der Waals surface area contributed by atoms with Crippen LogP contribution in [0.3, 0.4) is 0 Å². The number of benzene rings is 2. The molecular weight excluding hydrogens is 258 g/mol. The van der Waals surface area contributed by atoms with Gasteiger partial charge in [0.15, 0.2) is 0 Å². The van der Waals surface area contributed by atoms with Gasteiger partial charge in [0.25, 0.3) is 0 Å². The summed E-state index contributed by atoms with van der Waals surface area (Å²) in [5.74, 6) is 0.767. The third kappa shape index (κ3) is 4.91. The summed E-state index contributed by atoms with van der Waals surface area (Å²) >= 11 is 0. The second kappa shape index (κ2) is 7.28. The highest BCUT2D eigenvalue weighted by molar-refractivity contribution is 5.30. The van der Waals surface area contributed by atoms with Gasteiger partial charge in [-0.05, 0) is 36.6 Å². The van der Waals surface area contributed by atoms with Gasteiger partial charge in [0.05, 0.1) is 0 Å². The fraction of sp³-hybridized carbons (Fsp3) is 0.368. The minimum atomic E-state index is 0.325. The summed E-state index contributed by atoms with van der Waals surface area (Å²) in [6.45, 7) is 7.42. The molecule has 21 heavy (non-hydrogen) atoms. The Morgan fingerprint density at radius 2 is 1.57 bits per heavy atom. The van der Waals surface area contributed by atoms with Gasteiger partial charge in [0.2, 0.25) is 0 Å². The maximum absolute atomic E-state index is 9.40. The third-order valence-corrected chi connectivity index (χ3v) is 3.74. The molecule has 0 saturated heterocycles. The molecule has 112 valence electrons. The minimum absolute atomic E-state index is 0.325. The van der Waals surface area contributed by atoms with E-state index in [-0.39, 0.29) is 0 Å². The van der Waals surface area contributed by atoms with Gasteiger partial charge in [-0.25, -0.2) is 0 Å². The summed E-state index contributed by atoms with van der Waals surface area (Å²) in [5.41, 5.74) is 3.91. The first-order valence-corrected chi connectivity index (χ1v) is 7.62. The van der Waals surface area contributed by atoms with Gasteiger partial charge >= 0.3 is 0 Å². The highest BCUT2D eigenvalue weighted by Crippen LogP contribution is 2.22. The van der Waals surface area contributed by atoms with Crippen LogP contribution in [-0.4, -0.2) is 17.7 Å². The number of aromatic hydroxyl groups is 1. The van der Waals surface area contributed by atoms with Crippen molar-refractivity contribution in [3.05, 3.63) is 65.2 Å². The average molecular weight is 283 g/mol. The molecule has 0 amide bonds. The van der Waals surface area contributed by atoms with Crippen molar-refractivity contribution in [2.45, 2.75) is 39.2 Å². The number of hydrogen-bond acceptors (Lipinski definition) is 2. The highest BCUT2D eigenvalue weighted by atomic mass is 16.3. The van der Waals surface area contributed by atoms with Crippen LogP contribution in [0.4, 0.5) is 0 Å². The highest BCUT2D eigenvalue weighted by Gasteiger charge is 2.13. The van der Waals surface area contributed by atoms with Crippen LogP contribution in [0.1, 0.15) is 36.5 Å². The van der Waals surface area contributed by atoms with Crippen LogP contribution < -0.4 is 5.32 Å². The van der Waals surface area contributed by atoms with Crippen LogP contribution in [0, 0.1) is 6.92 Å². The van der Waals surface area contributed by atoms with Crippen LogP contribution in [0.25, 0.3) is 0 Å². The fourth-order valence-corrected chi connectivity index (χ4v) is 2.44. The average Bonchev–Trinajstić information content (AvgIpc) is 2.46. The molecule has 1 unspecified atom stereocenters. The Bertz CT molecular complexity index is 543. The Kier molecular flexibility index (Phi) is 5.40. The molecule has 0 aromatic heterocycles. The Balaban J connectivity index is 2.14. The van der Waals surface area contributed by atoms with Crippen molar-refractivity contribution in [1.82, 2.24) is 5.32 Å². The van der Waals surface area contributed by atoms with Crippen LogP contribution in [0.2, 0.25) is 0 Å². The molecule has 2 aromatic rings. The standard InChI is InChI=1S/C19H25NO/c1-14(2)20-13-18(17-8-4-15(3)5-9-17)12-16-6-10-19(21)11-7-16/h4-11,14,18,20-21H,12-13H2,1-3H3. The second-order valence-corrected chi connectivity index (χ2v) is 6.04. The summed E-state index contributed by atoms with van der Waals surface area (Å²) in [6, 6.07) is 16.8. The Morgan fingerprint density at radius 1 is 0.952 bits per heavy atom. The normalized spacial score (nSPS) is 12.6. The first-order valence-electron chi connectivity index (χ1n) is 7.62. The largest absolute Gasteiger partial charge is 0.508 e. The second-order valence-electron chi connectivity index (χ2n) is 6.04. The molecule has 2 heteroatoms. The van der Waals surface area contributed by atoms with Crippen molar-refractivity contribution in [2.24, 2.45) is 0 Å². The van der Waals surface area contributed by atoms with E-state index in [1.807, 2.05) is 12.1 Å². The van der Waals surface area contributed by atoms with Gasteiger partial charge < -0.3 is 10.4 Å². The van der Waals surface area contributed by atoms with Crippen LogP contribution in [0.5, 0.6) is 5.75 Å². The number of phenols is 1. The molecule has 0 aliphatic carbocycles. The quantitative estimate of drug-likeness (QED) is 0.839. The summed E-state index contributed by atoms with van der Waals surface area (Å²) in [7, 11) is 0. The maximum Gasteiger partial charge on any atom is 0.115 e. The number of phenolic OH excluding ortho intramolecular Hbond substituents is 1. The van der Waals surface area contributed by atoms with E-state index >= 15 is 0 Å². The fourth-order valence-electron chi connectivity index (χ4n) is 2.44. The molecule has 2 rings (SSSR count). The number of rotatable bonds is 6. The zero-order chi connectivity index (χ0) is 15.2. The molecule has 0 fully saturated rings. The number of aryl methyl sites for hydroxylation is 1. The van der Waals surface area contributed by atoms with E-state index in [0.29, 0.717) is 17.7 Å². The predicted molar refractivity (Wildman–Crippen MR) is 88.9 cm³/mol. The molecule has 0 spiro atoms. The first-order chi connectivity index (χ1) is 10.0. The van der Waals surface area contributed by atoms with E-state index in [9.17, 15) is 5.11 Å². The Morgan fingerprint density at radius 3 is 2.14 bits per heavy atom. The molecule has 0 saturated carbocycles. The summed E-state index contributed by atoms with van der Waals surface area (Å²) in [6.07, 6.45) is 0.975. The van der Waals surface area contributed by atoms with Gasteiger partial charge in [-0.1, -0.05) is 55.8 Å². The van der Waals surface area contributed by atoms with Crippen molar-refractivity contribution in [2.75, 3.05) is 6.54 Å². The van der Waals surface area contributed by atoms with Crippen molar-refractivity contribution < 1.29 is 5.11 Å². The zero-order valence-corrected chi connectivity index (χ0v) is 13.1. The zero-order valence-electron chi connectivity index (χ0n) is 13.1. The van der Waals surface area contributed by atoms with E-state index in [4.69, 9.17) is 0 Å². The lowest BCUT2D eigenvalue weighted by Crippen LogP contribution is -2.28. The van der Waals surface area contributed by atoms with E-state index in [1.165, 1.54) is 16.7 Å². The third-order valence-electron chi connectivity index (χ3n) is 3.74. The molecule has 0 aliphatic rings. The van der Waals surface area contributed by atoms with Gasteiger partial charge in [-0.3, -0.25) is 0 Å². The van der Waals surface area contributed by atoms with Crippen LogP contribution in [0.15, 0.2) is 48.5 Å². The molecule has 0 heterocycles. The molecule has 2 N–H and O–H groups in total. The Hall–Kier alpha value is -1.80. The van der Waals surface area contributed by atoms with Crippen molar-refractivity contribution >= 4 is 0 Å². The summed E-state index contributed by atoms with van der Waals surface area (Å²) in [4.78, 5) is 0. The molecular formula is C19H25NO. The van der Waals surface area contributed by atoms with Crippen molar-refractivity contribution in [1.29, 1.82) is 0 Å². The summed E-state index contributed by atoms with van der Waals surface area (Å²) < 4.78 is 0. The van der Waals surface area contributed by atoms with Crippen LogP contribution >= 0.6 is 0 Å². The Labute approximate surface area is 127 Å². The van der Waals surface area contributed by atoms with Gasteiger partial charge in [0, 0.05) is 18.5 Å². The molecule has 0 aliphatic heterocycles.